The maximum absolute atomic E-state index is 6.12. The van der Waals surface area contributed by atoms with Gasteiger partial charge in [0.15, 0.2) is 9.86 Å². The highest BCUT2D eigenvalue weighted by atomic mass is 127. The molecule has 0 saturated carbocycles. The van der Waals surface area contributed by atoms with Crippen molar-refractivity contribution in [1.82, 2.24) is 4.98 Å². The number of hydrogen-bond acceptors (Lipinski definition) is 3. The molecule has 0 unspecified atom stereocenters. The van der Waals surface area contributed by atoms with Crippen LogP contribution >= 0.6 is 22.6 Å². The van der Waals surface area contributed by atoms with Crippen LogP contribution in [0.25, 0.3) is 0 Å². The minimum absolute atomic E-state index is 0.0280. The summed E-state index contributed by atoms with van der Waals surface area (Å²) < 4.78 is 6.10. The molecule has 0 saturated heterocycles. The number of rotatable bonds is 8. The molecule has 0 bridgehead atoms. The molecule has 4 heteroatoms. The fraction of sp³-hybridized carbons (Fsp3) is 0.389. The number of aryl methyl sites for hydroxylation is 1. The van der Waals surface area contributed by atoms with Crippen LogP contribution in [-0.4, -0.2) is 11.5 Å². The van der Waals surface area contributed by atoms with Crippen LogP contribution in [0.5, 0.6) is 5.75 Å². The van der Waals surface area contributed by atoms with Crippen molar-refractivity contribution in [2.45, 2.75) is 37.2 Å². The van der Waals surface area contributed by atoms with Crippen LogP contribution < -0.4 is 10.1 Å². The Morgan fingerprint density at radius 1 is 1.23 bits per heavy atom. The summed E-state index contributed by atoms with van der Waals surface area (Å²) in [5, 5.41) is 3.48. The van der Waals surface area contributed by atoms with Crippen molar-refractivity contribution in [3.05, 3.63) is 53.9 Å². The summed E-state index contributed by atoms with van der Waals surface area (Å²) in [4.78, 5) is 4.46. The Balaban J connectivity index is 2.14. The number of aromatic nitrogens is 1. The van der Waals surface area contributed by atoms with E-state index in [0.717, 1.165) is 42.1 Å². The predicted octanol–water partition coefficient (Wildman–Crippen LogP) is 5.37. The number of alkyl halides is 1. The summed E-state index contributed by atoms with van der Waals surface area (Å²) in [6, 6.07) is 12.3. The number of anilines is 1. The van der Waals surface area contributed by atoms with Gasteiger partial charge in [-0.25, -0.2) is 0 Å². The number of halogens is 1. The molecule has 1 atom stereocenters. The van der Waals surface area contributed by atoms with E-state index in [1.165, 1.54) is 6.42 Å². The molecule has 2 aromatic rings. The highest BCUT2D eigenvalue weighted by Gasteiger charge is 2.12. The van der Waals surface area contributed by atoms with Gasteiger partial charge in [0.25, 0.3) is 0 Å². The Morgan fingerprint density at radius 2 is 2.00 bits per heavy atom. The van der Waals surface area contributed by atoms with Gasteiger partial charge < -0.3 is 10.1 Å². The summed E-state index contributed by atoms with van der Waals surface area (Å²) in [6.45, 7) is 5.26. The van der Waals surface area contributed by atoms with Gasteiger partial charge in [-0.3, -0.25) is 4.98 Å². The van der Waals surface area contributed by atoms with Gasteiger partial charge in [0.05, 0.1) is 11.9 Å². The highest BCUT2D eigenvalue weighted by Crippen LogP contribution is 2.32. The molecule has 0 fully saturated rings. The Morgan fingerprint density at radius 3 is 2.68 bits per heavy atom. The van der Waals surface area contributed by atoms with Crippen molar-refractivity contribution < 1.29 is 4.74 Å². The van der Waals surface area contributed by atoms with E-state index in [1.807, 2.05) is 24.4 Å². The van der Waals surface area contributed by atoms with Crippen LogP contribution in [-0.2, 0) is 6.42 Å². The van der Waals surface area contributed by atoms with E-state index in [4.69, 9.17) is 4.74 Å². The van der Waals surface area contributed by atoms with Crippen LogP contribution in [0.1, 0.15) is 42.1 Å². The Hall–Kier alpha value is -1.30. The van der Waals surface area contributed by atoms with Crippen molar-refractivity contribution in [2.24, 2.45) is 0 Å². The fourth-order valence-corrected chi connectivity index (χ4v) is 2.78. The molecular formula is C18H23IN2O. The zero-order valence-corrected chi connectivity index (χ0v) is 15.3. The first-order valence-electron chi connectivity index (χ1n) is 7.83. The van der Waals surface area contributed by atoms with Crippen LogP contribution in [0.3, 0.4) is 0 Å². The lowest BCUT2D eigenvalue weighted by molar-refractivity contribution is 0.310. The molecule has 0 spiro atoms. The van der Waals surface area contributed by atoms with Gasteiger partial charge in [0.1, 0.15) is 0 Å². The Labute approximate surface area is 146 Å². The molecule has 1 N–H and O–H groups in total. The van der Waals surface area contributed by atoms with Crippen LogP contribution in [0.2, 0.25) is 0 Å². The normalized spacial score (nSPS) is 12.0. The fourth-order valence-electron chi connectivity index (χ4n) is 2.10. The van der Waals surface area contributed by atoms with Gasteiger partial charge in [-0.05, 0) is 41.5 Å². The van der Waals surface area contributed by atoms with E-state index in [1.54, 1.807) is 0 Å². The number of nitrogens with zero attached hydrogens (tertiary/aromatic N) is 1. The minimum atomic E-state index is -0.0280. The molecular weight excluding hydrogens is 387 g/mol. The number of nitrogens with one attached hydrogen (secondary N) is 1. The van der Waals surface area contributed by atoms with E-state index in [0.29, 0.717) is 0 Å². The number of unbranched alkanes of at least 4 members (excludes halogenated alkanes) is 1. The van der Waals surface area contributed by atoms with Gasteiger partial charge >= 0.3 is 0 Å². The molecule has 0 aliphatic rings. The van der Waals surface area contributed by atoms with Crippen molar-refractivity contribution >= 4 is 28.3 Å². The monoisotopic (exact) mass is 410 g/mol. The Kier molecular flexibility index (Phi) is 6.96. The Bertz CT molecular complexity index is 575. The topological polar surface area (TPSA) is 34.2 Å². The largest absolute Gasteiger partial charge is 0.472 e. The van der Waals surface area contributed by atoms with Gasteiger partial charge in [-0.2, -0.15) is 0 Å². The molecule has 3 nitrogen and oxygen atoms in total. The summed E-state index contributed by atoms with van der Waals surface area (Å²) in [6.07, 6.45) is 5.08. The zero-order chi connectivity index (χ0) is 15.8. The number of ether oxygens (including phenoxy) is 1. The molecule has 1 aromatic heterocycles. The van der Waals surface area contributed by atoms with E-state index in [-0.39, 0.29) is 4.11 Å². The smallest absolute Gasteiger partial charge is 0.174 e. The first-order chi connectivity index (χ1) is 10.7. The number of benzene rings is 1. The average Bonchev–Trinajstić information content (AvgIpc) is 2.57. The van der Waals surface area contributed by atoms with E-state index in [9.17, 15) is 0 Å². The maximum Gasteiger partial charge on any atom is 0.174 e. The predicted molar refractivity (Wildman–Crippen MR) is 101 cm³/mol. The van der Waals surface area contributed by atoms with Crippen LogP contribution in [0.4, 0.5) is 5.69 Å². The molecule has 1 aromatic carbocycles. The van der Waals surface area contributed by atoms with Gasteiger partial charge in [0.2, 0.25) is 0 Å². The third-order valence-corrected chi connectivity index (χ3v) is 4.40. The number of pyridine rings is 1. The molecule has 22 heavy (non-hydrogen) atoms. The molecule has 0 aliphatic heterocycles. The van der Waals surface area contributed by atoms with Gasteiger partial charge in [0, 0.05) is 17.8 Å². The second-order valence-corrected chi connectivity index (χ2v) is 6.28. The summed E-state index contributed by atoms with van der Waals surface area (Å²) >= 11 is 2.31. The third kappa shape index (κ3) is 4.87. The second-order valence-electron chi connectivity index (χ2n) is 5.15. The summed E-state index contributed by atoms with van der Waals surface area (Å²) in [5.74, 6) is 0.816. The maximum atomic E-state index is 6.12. The average molecular weight is 410 g/mol. The first-order valence-corrected chi connectivity index (χ1v) is 9.07. The molecule has 1 heterocycles. The van der Waals surface area contributed by atoms with Crippen LogP contribution in [0.15, 0.2) is 42.6 Å². The zero-order valence-electron chi connectivity index (χ0n) is 13.2. The molecule has 118 valence electrons. The lowest BCUT2D eigenvalue weighted by atomic mass is 10.2. The quantitative estimate of drug-likeness (QED) is 0.361. The standard InChI is InChI=1S/C18H23IN2O/c1-3-5-11-20-16-12-15(4-2)21-13-17(16)22-18(19)14-9-7-6-8-10-14/h6-10,12-13,18H,3-5,11H2,1-2H3,(H,20,21)/t18-/m1/s1. The number of hydrogen-bond donors (Lipinski definition) is 1. The third-order valence-electron chi connectivity index (χ3n) is 3.42. The van der Waals surface area contributed by atoms with E-state index < -0.39 is 0 Å². The van der Waals surface area contributed by atoms with E-state index >= 15 is 0 Å². The highest BCUT2D eigenvalue weighted by molar-refractivity contribution is 14.1. The second kappa shape index (κ2) is 8.98. The van der Waals surface area contributed by atoms with Crippen LogP contribution in [0, 0.1) is 0 Å². The van der Waals surface area contributed by atoms with Gasteiger partial charge in [-0.15, -0.1) is 0 Å². The molecule has 0 amide bonds. The minimum Gasteiger partial charge on any atom is -0.472 e. The summed E-state index contributed by atoms with van der Waals surface area (Å²) in [5.41, 5.74) is 3.27. The lowest BCUT2D eigenvalue weighted by Crippen LogP contribution is -2.07. The molecule has 2 rings (SSSR count). The van der Waals surface area contributed by atoms with E-state index in [2.05, 4.69) is 64.9 Å². The van der Waals surface area contributed by atoms with Gasteiger partial charge in [-0.1, -0.05) is 50.6 Å². The van der Waals surface area contributed by atoms with Crippen molar-refractivity contribution in [3.63, 3.8) is 0 Å². The molecule has 0 radical (unpaired) electrons. The van der Waals surface area contributed by atoms with Crippen molar-refractivity contribution in [1.29, 1.82) is 0 Å². The molecule has 0 aliphatic carbocycles. The first kappa shape index (κ1) is 17.1. The summed E-state index contributed by atoms with van der Waals surface area (Å²) in [7, 11) is 0. The van der Waals surface area contributed by atoms with Crippen molar-refractivity contribution in [3.8, 4) is 5.75 Å². The lowest BCUT2D eigenvalue weighted by Gasteiger charge is -2.17. The SMILES string of the molecule is CCCCNc1cc(CC)ncc1O[C@@H](I)c1ccccc1. The van der Waals surface area contributed by atoms with Crippen molar-refractivity contribution in [2.75, 3.05) is 11.9 Å².